The van der Waals surface area contributed by atoms with Gasteiger partial charge in [-0.05, 0) is 37.1 Å². The van der Waals surface area contributed by atoms with Gasteiger partial charge in [0.05, 0.1) is 5.69 Å². The minimum Gasteiger partial charge on any atom is -0.328 e. The Morgan fingerprint density at radius 3 is 2.80 bits per heavy atom. The molecule has 0 aliphatic carbocycles. The summed E-state index contributed by atoms with van der Waals surface area (Å²) in [5, 5.41) is 3.65. The van der Waals surface area contributed by atoms with Crippen LogP contribution in [-0.4, -0.2) is 15.9 Å². The summed E-state index contributed by atoms with van der Waals surface area (Å²) in [6, 6.07) is 13.8. The van der Waals surface area contributed by atoms with Gasteiger partial charge in [0.25, 0.3) is 5.91 Å². The average molecular weight is 349 g/mol. The zero-order chi connectivity index (χ0) is 17.6. The van der Waals surface area contributed by atoms with Gasteiger partial charge in [-0.25, -0.2) is 4.98 Å². The van der Waals surface area contributed by atoms with Gasteiger partial charge in [-0.2, -0.15) is 0 Å². The van der Waals surface area contributed by atoms with E-state index >= 15 is 0 Å². The van der Waals surface area contributed by atoms with E-state index in [1.807, 2.05) is 55.5 Å². The molecule has 0 unspecified atom stereocenters. The van der Waals surface area contributed by atoms with E-state index < -0.39 is 0 Å². The van der Waals surface area contributed by atoms with E-state index in [0.717, 1.165) is 33.9 Å². The number of aromatic nitrogens is 2. The standard InChI is InChI=1S/C20H19N3OS/c1-3-17-13-16(10-12-21-17)20-23-14(2)18(25-20)19(24)22-11-9-15-7-5-4-6-8-15/h4-13H,3H2,1-2H3,(H,22,24). The maximum Gasteiger partial charge on any atom is 0.267 e. The lowest BCUT2D eigenvalue weighted by Crippen LogP contribution is -2.16. The molecule has 0 fully saturated rings. The highest BCUT2D eigenvalue weighted by atomic mass is 32.1. The summed E-state index contributed by atoms with van der Waals surface area (Å²) in [4.78, 5) is 21.9. The summed E-state index contributed by atoms with van der Waals surface area (Å²) in [6.07, 6.45) is 6.19. The van der Waals surface area contributed by atoms with Crippen molar-refractivity contribution in [3.05, 3.63) is 76.7 Å². The Labute approximate surface area is 151 Å². The smallest absolute Gasteiger partial charge is 0.267 e. The minimum absolute atomic E-state index is 0.141. The lowest BCUT2D eigenvalue weighted by Gasteiger charge is -1.99. The number of hydrogen-bond donors (Lipinski definition) is 1. The highest BCUT2D eigenvalue weighted by molar-refractivity contribution is 7.17. The van der Waals surface area contributed by atoms with Crippen LogP contribution in [0, 0.1) is 6.92 Å². The fourth-order valence-electron chi connectivity index (χ4n) is 2.38. The monoisotopic (exact) mass is 349 g/mol. The van der Waals surface area contributed by atoms with Crippen LogP contribution >= 0.6 is 11.3 Å². The predicted octanol–water partition coefficient (Wildman–Crippen LogP) is 4.48. The van der Waals surface area contributed by atoms with Gasteiger partial charge in [0.15, 0.2) is 0 Å². The van der Waals surface area contributed by atoms with Crippen molar-refractivity contribution in [1.29, 1.82) is 0 Å². The van der Waals surface area contributed by atoms with Gasteiger partial charge in [-0.3, -0.25) is 9.78 Å². The van der Waals surface area contributed by atoms with Gasteiger partial charge in [0, 0.05) is 23.7 Å². The van der Waals surface area contributed by atoms with Crippen molar-refractivity contribution in [3.63, 3.8) is 0 Å². The normalized spacial score (nSPS) is 11.0. The average Bonchev–Trinajstić information content (AvgIpc) is 3.04. The van der Waals surface area contributed by atoms with E-state index in [0.29, 0.717) is 4.88 Å². The van der Waals surface area contributed by atoms with Gasteiger partial charge in [-0.15, -0.1) is 11.3 Å². The van der Waals surface area contributed by atoms with Gasteiger partial charge in [0.2, 0.25) is 0 Å². The zero-order valence-corrected chi connectivity index (χ0v) is 15.0. The Morgan fingerprint density at radius 1 is 1.24 bits per heavy atom. The first kappa shape index (κ1) is 17.0. The van der Waals surface area contributed by atoms with Crippen LogP contribution in [0.25, 0.3) is 16.6 Å². The number of amides is 1. The molecular weight excluding hydrogens is 330 g/mol. The molecule has 0 bridgehead atoms. The molecule has 0 saturated heterocycles. The van der Waals surface area contributed by atoms with Crippen LogP contribution in [0.2, 0.25) is 0 Å². The van der Waals surface area contributed by atoms with Crippen molar-refractivity contribution in [3.8, 4) is 10.6 Å². The molecule has 1 N–H and O–H groups in total. The Kier molecular flexibility index (Phi) is 5.36. The molecule has 0 spiro atoms. The lowest BCUT2D eigenvalue weighted by atomic mass is 10.2. The minimum atomic E-state index is -0.141. The summed E-state index contributed by atoms with van der Waals surface area (Å²) < 4.78 is 0. The van der Waals surface area contributed by atoms with Crippen molar-refractivity contribution in [2.45, 2.75) is 20.3 Å². The highest BCUT2D eigenvalue weighted by Crippen LogP contribution is 2.28. The lowest BCUT2D eigenvalue weighted by molar-refractivity contribution is 0.0973. The summed E-state index contributed by atoms with van der Waals surface area (Å²) in [5.41, 5.74) is 3.79. The topological polar surface area (TPSA) is 54.9 Å². The number of benzene rings is 1. The first-order valence-electron chi connectivity index (χ1n) is 8.12. The fraction of sp³-hybridized carbons (Fsp3) is 0.150. The Morgan fingerprint density at radius 2 is 2.04 bits per heavy atom. The molecule has 0 saturated carbocycles. The Balaban J connectivity index is 1.75. The number of carbonyl (C=O) groups is 1. The first-order chi connectivity index (χ1) is 12.2. The molecule has 25 heavy (non-hydrogen) atoms. The molecule has 1 aromatic carbocycles. The molecule has 5 heteroatoms. The van der Waals surface area contributed by atoms with Gasteiger partial charge in [0.1, 0.15) is 9.88 Å². The summed E-state index contributed by atoms with van der Waals surface area (Å²) >= 11 is 1.40. The van der Waals surface area contributed by atoms with Crippen molar-refractivity contribution < 1.29 is 4.79 Å². The number of aryl methyl sites for hydroxylation is 2. The van der Waals surface area contributed by atoms with Crippen LogP contribution in [0.3, 0.4) is 0 Å². The zero-order valence-electron chi connectivity index (χ0n) is 14.2. The van der Waals surface area contributed by atoms with E-state index in [4.69, 9.17) is 0 Å². The second-order valence-electron chi connectivity index (χ2n) is 5.54. The molecule has 0 aliphatic rings. The molecule has 0 atom stereocenters. The van der Waals surface area contributed by atoms with Crippen molar-refractivity contribution in [2.75, 3.05) is 0 Å². The predicted molar refractivity (Wildman–Crippen MR) is 102 cm³/mol. The number of nitrogens with one attached hydrogen (secondary N) is 1. The van der Waals surface area contributed by atoms with E-state index in [1.54, 1.807) is 12.4 Å². The highest BCUT2D eigenvalue weighted by Gasteiger charge is 2.15. The van der Waals surface area contributed by atoms with Crippen LogP contribution in [0.5, 0.6) is 0 Å². The molecule has 0 radical (unpaired) electrons. The number of nitrogens with zero attached hydrogens (tertiary/aromatic N) is 2. The van der Waals surface area contributed by atoms with Crippen LogP contribution in [0.15, 0.2) is 54.9 Å². The van der Waals surface area contributed by atoms with Crippen molar-refractivity contribution in [2.24, 2.45) is 0 Å². The molecule has 2 aromatic heterocycles. The number of thiazole rings is 1. The molecule has 126 valence electrons. The second kappa shape index (κ2) is 7.85. The van der Waals surface area contributed by atoms with E-state index in [9.17, 15) is 4.79 Å². The van der Waals surface area contributed by atoms with Crippen LogP contribution in [-0.2, 0) is 6.42 Å². The summed E-state index contributed by atoms with van der Waals surface area (Å²) in [6.45, 7) is 3.93. The number of rotatable bonds is 5. The van der Waals surface area contributed by atoms with Gasteiger partial charge in [-0.1, -0.05) is 37.3 Å². The van der Waals surface area contributed by atoms with Crippen LogP contribution in [0.1, 0.15) is 33.5 Å². The third-order valence-electron chi connectivity index (χ3n) is 3.72. The molecular formula is C20H19N3OS. The first-order valence-corrected chi connectivity index (χ1v) is 8.94. The van der Waals surface area contributed by atoms with Crippen LogP contribution in [0.4, 0.5) is 0 Å². The van der Waals surface area contributed by atoms with Gasteiger partial charge < -0.3 is 5.32 Å². The Bertz CT molecular complexity index is 900. The number of carbonyl (C=O) groups excluding carboxylic acids is 1. The third-order valence-corrected chi connectivity index (χ3v) is 4.92. The molecule has 1 amide bonds. The second-order valence-corrected chi connectivity index (χ2v) is 6.54. The number of pyridine rings is 1. The molecule has 2 heterocycles. The van der Waals surface area contributed by atoms with E-state index in [-0.39, 0.29) is 5.91 Å². The summed E-state index contributed by atoms with van der Waals surface area (Å²) in [5.74, 6) is -0.141. The molecule has 3 aromatic rings. The Hall–Kier alpha value is -2.79. The quantitative estimate of drug-likeness (QED) is 0.739. The fourth-order valence-corrected chi connectivity index (χ4v) is 3.34. The molecule has 3 rings (SSSR count). The van der Waals surface area contributed by atoms with E-state index in [2.05, 4.69) is 22.2 Å². The maximum absolute atomic E-state index is 12.4. The molecule has 0 aliphatic heterocycles. The van der Waals surface area contributed by atoms with E-state index in [1.165, 1.54) is 11.3 Å². The third kappa shape index (κ3) is 4.19. The van der Waals surface area contributed by atoms with Crippen molar-refractivity contribution >= 4 is 23.3 Å². The molecule has 4 nitrogen and oxygen atoms in total. The van der Waals surface area contributed by atoms with Crippen LogP contribution < -0.4 is 5.32 Å². The van der Waals surface area contributed by atoms with Gasteiger partial charge >= 0.3 is 0 Å². The summed E-state index contributed by atoms with van der Waals surface area (Å²) in [7, 11) is 0. The maximum atomic E-state index is 12.4. The van der Waals surface area contributed by atoms with Crippen molar-refractivity contribution in [1.82, 2.24) is 15.3 Å². The SMILES string of the molecule is CCc1cc(-c2nc(C)c(C(=O)NC=Cc3ccccc3)s2)ccn1. The largest absolute Gasteiger partial charge is 0.328 e. The number of hydrogen-bond acceptors (Lipinski definition) is 4.